The summed E-state index contributed by atoms with van der Waals surface area (Å²) in [5, 5.41) is 0. The van der Waals surface area contributed by atoms with E-state index >= 15 is 0 Å². The Hall–Kier alpha value is -4.29. The average molecular weight is 454 g/mol. The number of benzene rings is 4. The smallest absolute Gasteiger partial charge is 0.269 e. The summed E-state index contributed by atoms with van der Waals surface area (Å²) in [6, 6.07) is 34.6. The van der Waals surface area contributed by atoms with Crippen molar-refractivity contribution in [2.45, 2.75) is 6.54 Å². The molecule has 0 radical (unpaired) electrons. The Bertz CT molecular complexity index is 1150. The van der Waals surface area contributed by atoms with Gasteiger partial charge in [0.15, 0.2) is 18.1 Å². The largest absolute Gasteiger partial charge is 0.493 e. The molecule has 172 valence electrons. The number of amides is 1. The first-order chi connectivity index (χ1) is 16.7. The molecule has 0 atom stereocenters. The molecule has 0 saturated carbocycles. The highest BCUT2D eigenvalue weighted by Gasteiger charge is 2.19. The fourth-order valence-electron chi connectivity index (χ4n) is 3.51. The lowest BCUT2D eigenvalue weighted by Gasteiger charge is -2.23. The van der Waals surface area contributed by atoms with Gasteiger partial charge in [0, 0.05) is 23.6 Å². The monoisotopic (exact) mass is 453 g/mol. The maximum Gasteiger partial charge on any atom is 0.269 e. The number of carbonyl (C=O) groups is 1. The molecule has 4 aromatic rings. The number of hydrogen-bond acceptors (Lipinski definition) is 5. The molecule has 1 amide bonds. The van der Waals surface area contributed by atoms with E-state index in [9.17, 15) is 4.79 Å². The van der Waals surface area contributed by atoms with Crippen molar-refractivity contribution in [3.63, 3.8) is 0 Å². The van der Waals surface area contributed by atoms with E-state index in [-0.39, 0.29) is 12.5 Å². The van der Waals surface area contributed by atoms with E-state index in [2.05, 4.69) is 10.9 Å². The Morgan fingerprint density at radius 2 is 1.35 bits per heavy atom. The fourth-order valence-corrected chi connectivity index (χ4v) is 3.51. The van der Waals surface area contributed by atoms with Crippen LogP contribution in [0.15, 0.2) is 109 Å². The van der Waals surface area contributed by atoms with Crippen LogP contribution in [0.4, 0.5) is 17.1 Å². The molecule has 6 nitrogen and oxygen atoms in total. The first kappa shape index (κ1) is 22.9. The zero-order chi connectivity index (χ0) is 23.6. The van der Waals surface area contributed by atoms with Crippen molar-refractivity contribution in [2.24, 2.45) is 0 Å². The lowest BCUT2D eigenvalue weighted by atomic mass is 10.2. The SMILES string of the molecule is COc1cc(CNNc2ccccc2)ccc1OCC(=O)N(c1ccccc1)c1ccccc1. The lowest BCUT2D eigenvalue weighted by Crippen LogP contribution is -2.31. The maximum atomic E-state index is 13.2. The topological polar surface area (TPSA) is 62.8 Å². The number of rotatable bonds is 10. The number of nitrogens with zero attached hydrogens (tertiary/aromatic N) is 1. The average Bonchev–Trinajstić information content (AvgIpc) is 2.90. The van der Waals surface area contributed by atoms with Crippen molar-refractivity contribution in [1.82, 2.24) is 5.43 Å². The highest BCUT2D eigenvalue weighted by Crippen LogP contribution is 2.29. The quantitative estimate of drug-likeness (QED) is 0.308. The molecule has 2 N–H and O–H groups in total. The number of hydrogen-bond donors (Lipinski definition) is 2. The second-order valence-corrected chi connectivity index (χ2v) is 7.52. The molecule has 0 spiro atoms. The van der Waals surface area contributed by atoms with Gasteiger partial charge in [0.05, 0.1) is 7.11 Å². The van der Waals surface area contributed by atoms with Crippen molar-refractivity contribution in [1.29, 1.82) is 0 Å². The predicted molar refractivity (Wildman–Crippen MR) is 135 cm³/mol. The summed E-state index contributed by atoms with van der Waals surface area (Å²) >= 11 is 0. The summed E-state index contributed by atoms with van der Waals surface area (Å²) in [4.78, 5) is 14.9. The van der Waals surface area contributed by atoms with Crippen LogP contribution in [0.3, 0.4) is 0 Å². The number of carbonyl (C=O) groups excluding carboxylic acids is 1. The van der Waals surface area contributed by atoms with Crippen LogP contribution in [0.5, 0.6) is 11.5 Å². The molecule has 0 unspecified atom stereocenters. The molecule has 0 fully saturated rings. The summed E-state index contributed by atoms with van der Waals surface area (Å²) < 4.78 is 11.4. The van der Waals surface area contributed by atoms with Gasteiger partial charge in [-0.3, -0.25) is 9.69 Å². The van der Waals surface area contributed by atoms with E-state index in [1.165, 1.54) is 0 Å². The third-order valence-corrected chi connectivity index (χ3v) is 5.16. The molecule has 4 rings (SSSR count). The molecule has 4 aromatic carbocycles. The van der Waals surface area contributed by atoms with Gasteiger partial charge in [-0.25, -0.2) is 5.43 Å². The van der Waals surface area contributed by atoms with Gasteiger partial charge in [-0.1, -0.05) is 60.7 Å². The summed E-state index contributed by atoms with van der Waals surface area (Å²) in [5.74, 6) is 0.895. The normalized spacial score (nSPS) is 10.4. The van der Waals surface area contributed by atoms with Crippen LogP contribution in [0.1, 0.15) is 5.56 Å². The Morgan fingerprint density at radius 1 is 0.765 bits per heavy atom. The van der Waals surface area contributed by atoms with Crippen molar-refractivity contribution in [3.05, 3.63) is 115 Å². The van der Waals surface area contributed by atoms with E-state index in [1.54, 1.807) is 12.0 Å². The molecule has 0 saturated heterocycles. The molecule has 0 aliphatic rings. The third kappa shape index (κ3) is 5.94. The Morgan fingerprint density at radius 3 is 1.94 bits per heavy atom. The minimum atomic E-state index is -0.183. The highest BCUT2D eigenvalue weighted by atomic mass is 16.5. The second-order valence-electron chi connectivity index (χ2n) is 7.52. The van der Waals surface area contributed by atoms with Crippen LogP contribution < -0.4 is 25.2 Å². The minimum Gasteiger partial charge on any atom is -0.493 e. The van der Waals surface area contributed by atoms with Gasteiger partial charge in [0.1, 0.15) is 0 Å². The van der Waals surface area contributed by atoms with Crippen LogP contribution in [0, 0.1) is 0 Å². The van der Waals surface area contributed by atoms with Gasteiger partial charge in [-0.15, -0.1) is 0 Å². The zero-order valence-electron chi connectivity index (χ0n) is 19.0. The molecule has 0 heterocycles. The van der Waals surface area contributed by atoms with Crippen molar-refractivity contribution >= 4 is 23.0 Å². The number of anilines is 3. The van der Waals surface area contributed by atoms with Gasteiger partial charge in [-0.2, -0.15) is 0 Å². The maximum absolute atomic E-state index is 13.2. The zero-order valence-corrected chi connectivity index (χ0v) is 19.0. The summed E-state index contributed by atoms with van der Waals surface area (Å²) in [7, 11) is 1.59. The molecular formula is C28H27N3O3. The summed E-state index contributed by atoms with van der Waals surface area (Å²) in [6.07, 6.45) is 0. The van der Waals surface area contributed by atoms with Gasteiger partial charge in [0.2, 0.25) is 0 Å². The Kier molecular flexibility index (Phi) is 7.77. The molecule has 34 heavy (non-hydrogen) atoms. The third-order valence-electron chi connectivity index (χ3n) is 5.16. The standard InChI is InChI=1S/C28H27N3O3/c1-33-27-19-22(20-29-30-23-11-5-2-6-12-23)17-18-26(27)34-21-28(32)31(24-13-7-3-8-14-24)25-15-9-4-10-16-25/h2-19,29-30H,20-21H2,1H3. The molecule has 0 aromatic heterocycles. The lowest BCUT2D eigenvalue weighted by molar-refractivity contribution is -0.119. The van der Waals surface area contributed by atoms with E-state index < -0.39 is 0 Å². The molecule has 0 bridgehead atoms. The van der Waals surface area contributed by atoms with Crippen LogP contribution in [0.25, 0.3) is 0 Å². The first-order valence-electron chi connectivity index (χ1n) is 11.0. The number of para-hydroxylation sites is 3. The van der Waals surface area contributed by atoms with Gasteiger partial charge in [0.25, 0.3) is 5.91 Å². The highest BCUT2D eigenvalue weighted by molar-refractivity contribution is 6.01. The van der Waals surface area contributed by atoms with Gasteiger partial charge < -0.3 is 14.9 Å². The van der Waals surface area contributed by atoms with Crippen molar-refractivity contribution < 1.29 is 14.3 Å². The van der Waals surface area contributed by atoms with Crippen LogP contribution in [0.2, 0.25) is 0 Å². The number of methoxy groups -OCH3 is 1. The van der Waals surface area contributed by atoms with Crippen LogP contribution in [-0.4, -0.2) is 19.6 Å². The van der Waals surface area contributed by atoms with Crippen molar-refractivity contribution in [3.8, 4) is 11.5 Å². The van der Waals surface area contributed by atoms with E-state index in [0.717, 1.165) is 22.6 Å². The fraction of sp³-hybridized carbons (Fsp3) is 0.107. The molecular weight excluding hydrogens is 426 g/mol. The van der Waals surface area contributed by atoms with Gasteiger partial charge >= 0.3 is 0 Å². The van der Waals surface area contributed by atoms with E-state index in [4.69, 9.17) is 9.47 Å². The molecule has 6 heteroatoms. The van der Waals surface area contributed by atoms with Crippen LogP contribution in [-0.2, 0) is 11.3 Å². The van der Waals surface area contributed by atoms with E-state index in [0.29, 0.717) is 18.0 Å². The predicted octanol–water partition coefficient (Wildman–Crippen LogP) is 5.56. The summed E-state index contributed by atoms with van der Waals surface area (Å²) in [5.41, 5.74) is 9.89. The Balaban J connectivity index is 1.41. The minimum absolute atomic E-state index is 0.132. The second kappa shape index (κ2) is 11.5. The molecule has 0 aliphatic heterocycles. The Labute approximate surface area is 199 Å². The number of hydrazine groups is 1. The number of nitrogens with one attached hydrogen (secondary N) is 2. The van der Waals surface area contributed by atoms with E-state index in [1.807, 2.05) is 109 Å². The van der Waals surface area contributed by atoms with Gasteiger partial charge in [-0.05, 0) is 54.1 Å². The first-order valence-corrected chi connectivity index (χ1v) is 11.0. The number of ether oxygens (including phenoxy) is 2. The van der Waals surface area contributed by atoms with Crippen molar-refractivity contribution in [2.75, 3.05) is 24.0 Å². The molecule has 0 aliphatic carbocycles. The van der Waals surface area contributed by atoms with Crippen LogP contribution >= 0.6 is 0 Å². The summed E-state index contributed by atoms with van der Waals surface area (Å²) in [6.45, 7) is 0.452.